The third kappa shape index (κ3) is 7.27. The summed E-state index contributed by atoms with van der Waals surface area (Å²) in [7, 11) is 1.88. The SMILES string of the molecule is CCOC(=O)c1cn(Cc2c(F)cccc2F)c2ccc(Oc3ccc(NC(C)=O)nc3)c(CN(C)Cc3ccccc3)c2c1=O. The smallest absolute Gasteiger partial charge is 0.343 e. The van der Waals surface area contributed by atoms with Crippen molar-refractivity contribution in [1.82, 2.24) is 14.5 Å². The van der Waals surface area contributed by atoms with Crippen molar-refractivity contribution in [3.05, 3.63) is 129 Å². The summed E-state index contributed by atoms with van der Waals surface area (Å²) < 4.78 is 42.5. The molecule has 5 rings (SSSR count). The number of aromatic nitrogens is 2. The number of pyridine rings is 2. The van der Waals surface area contributed by atoms with E-state index in [4.69, 9.17) is 9.47 Å². The highest BCUT2D eigenvalue weighted by molar-refractivity contribution is 5.95. The van der Waals surface area contributed by atoms with Crippen molar-refractivity contribution in [2.24, 2.45) is 0 Å². The third-order valence-corrected chi connectivity index (χ3v) is 7.19. The molecule has 0 unspecified atom stereocenters. The number of fused-ring (bicyclic) bond motifs is 1. The monoisotopic (exact) mass is 626 g/mol. The summed E-state index contributed by atoms with van der Waals surface area (Å²) >= 11 is 0. The quantitative estimate of drug-likeness (QED) is 0.172. The number of hydrogen-bond donors (Lipinski definition) is 1. The fraction of sp³-hybridized carbons (Fsp3) is 0.200. The largest absolute Gasteiger partial charge is 0.462 e. The second-order valence-electron chi connectivity index (χ2n) is 10.7. The van der Waals surface area contributed by atoms with Crippen molar-refractivity contribution >= 4 is 28.6 Å². The van der Waals surface area contributed by atoms with Gasteiger partial charge in [-0.2, -0.15) is 0 Å². The van der Waals surface area contributed by atoms with Crippen molar-refractivity contribution in [3.63, 3.8) is 0 Å². The van der Waals surface area contributed by atoms with E-state index < -0.39 is 23.0 Å². The highest BCUT2D eigenvalue weighted by Crippen LogP contribution is 2.33. The minimum Gasteiger partial charge on any atom is -0.462 e. The summed E-state index contributed by atoms with van der Waals surface area (Å²) in [6.07, 6.45) is 2.71. The summed E-state index contributed by atoms with van der Waals surface area (Å²) in [6.45, 7) is 3.44. The molecular weight excluding hydrogens is 594 g/mol. The van der Waals surface area contributed by atoms with E-state index in [1.54, 1.807) is 31.2 Å². The molecule has 1 N–H and O–H groups in total. The maximum absolute atomic E-state index is 14.8. The Morgan fingerprint density at radius 2 is 1.67 bits per heavy atom. The Morgan fingerprint density at radius 3 is 2.33 bits per heavy atom. The van der Waals surface area contributed by atoms with Gasteiger partial charge >= 0.3 is 5.97 Å². The molecule has 0 atom stereocenters. The minimum absolute atomic E-state index is 0.0234. The number of hydrogen-bond acceptors (Lipinski definition) is 7. The lowest BCUT2D eigenvalue weighted by atomic mass is 10.0. The fourth-order valence-corrected chi connectivity index (χ4v) is 5.16. The molecule has 2 aromatic heterocycles. The van der Waals surface area contributed by atoms with Gasteiger partial charge in [-0.05, 0) is 55.9 Å². The van der Waals surface area contributed by atoms with Crippen LogP contribution < -0.4 is 15.5 Å². The summed E-state index contributed by atoms with van der Waals surface area (Å²) in [5.74, 6) is -1.68. The lowest BCUT2D eigenvalue weighted by Gasteiger charge is -2.22. The minimum atomic E-state index is -0.857. The first-order chi connectivity index (χ1) is 22.1. The van der Waals surface area contributed by atoms with Crippen molar-refractivity contribution in [3.8, 4) is 11.5 Å². The van der Waals surface area contributed by atoms with Crippen LogP contribution in [0.4, 0.5) is 14.6 Å². The predicted octanol–water partition coefficient (Wildman–Crippen LogP) is 6.28. The zero-order valence-corrected chi connectivity index (χ0v) is 25.6. The van der Waals surface area contributed by atoms with Crippen molar-refractivity contribution in [2.75, 3.05) is 19.0 Å². The predicted molar refractivity (Wildman–Crippen MR) is 170 cm³/mol. The number of nitrogens with zero attached hydrogens (tertiary/aromatic N) is 3. The van der Waals surface area contributed by atoms with Gasteiger partial charge in [-0.1, -0.05) is 36.4 Å². The molecule has 1 amide bonds. The van der Waals surface area contributed by atoms with E-state index in [1.165, 1.54) is 30.0 Å². The van der Waals surface area contributed by atoms with Gasteiger partial charge in [0.05, 0.1) is 30.3 Å². The van der Waals surface area contributed by atoms with Gasteiger partial charge in [0.15, 0.2) is 0 Å². The average molecular weight is 627 g/mol. The Hall–Kier alpha value is -5.42. The van der Waals surface area contributed by atoms with E-state index in [0.29, 0.717) is 34.9 Å². The molecule has 11 heteroatoms. The topological polar surface area (TPSA) is 103 Å². The van der Waals surface area contributed by atoms with Crippen LogP contribution in [0.3, 0.4) is 0 Å². The molecule has 0 spiro atoms. The van der Waals surface area contributed by atoms with Gasteiger partial charge in [0.1, 0.15) is 34.5 Å². The van der Waals surface area contributed by atoms with Crippen molar-refractivity contribution in [2.45, 2.75) is 33.5 Å². The van der Waals surface area contributed by atoms with Gasteiger partial charge < -0.3 is 19.4 Å². The van der Waals surface area contributed by atoms with E-state index in [-0.39, 0.29) is 42.1 Å². The molecule has 0 aliphatic heterocycles. The van der Waals surface area contributed by atoms with E-state index >= 15 is 0 Å². The Balaban J connectivity index is 1.69. The van der Waals surface area contributed by atoms with Crippen LogP contribution in [-0.4, -0.2) is 40.0 Å². The number of anilines is 1. The number of carbonyl (C=O) groups is 2. The van der Waals surface area contributed by atoms with Crippen molar-refractivity contribution < 1.29 is 27.8 Å². The van der Waals surface area contributed by atoms with Crippen LogP contribution in [0.15, 0.2) is 90.0 Å². The van der Waals surface area contributed by atoms with Crippen LogP contribution in [0.5, 0.6) is 11.5 Å². The summed E-state index contributed by atoms with van der Waals surface area (Å²) in [4.78, 5) is 44.8. The van der Waals surface area contributed by atoms with Gasteiger partial charge in [-0.25, -0.2) is 18.6 Å². The summed E-state index contributed by atoms with van der Waals surface area (Å²) in [6, 6.07) is 19.8. The molecular formula is C35H32F2N4O5. The molecule has 236 valence electrons. The lowest BCUT2D eigenvalue weighted by molar-refractivity contribution is -0.114. The molecule has 0 aliphatic carbocycles. The van der Waals surface area contributed by atoms with Crippen LogP contribution in [0, 0.1) is 11.6 Å². The van der Waals surface area contributed by atoms with Gasteiger partial charge in [-0.3, -0.25) is 14.5 Å². The molecule has 0 saturated heterocycles. The Bertz CT molecular complexity index is 1930. The first-order valence-corrected chi connectivity index (χ1v) is 14.6. The van der Waals surface area contributed by atoms with Gasteiger partial charge in [-0.15, -0.1) is 0 Å². The van der Waals surface area contributed by atoms with Crippen LogP contribution in [0.1, 0.15) is 40.9 Å². The third-order valence-electron chi connectivity index (χ3n) is 7.19. The Morgan fingerprint density at radius 1 is 0.935 bits per heavy atom. The number of nitrogens with one attached hydrogen (secondary N) is 1. The van der Waals surface area contributed by atoms with Gasteiger partial charge in [0, 0.05) is 37.3 Å². The van der Waals surface area contributed by atoms with Crippen LogP contribution >= 0.6 is 0 Å². The number of benzene rings is 3. The Labute approximate surface area is 264 Å². The Kier molecular flexibility index (Phi) is 9.82. The standard InChI is InChI=1S/C35H32F2N4O5/c1-4-45-35(44)27-21-41(20-25-28(36)11-8-12-29(25)37)30-14-15-31(46-24-13-16-32(38-17-24)39-22(2)42)26(33(30)34(27)43)19-40(3)18-23-9-6-5-7-10-23/h5-17,21H,4,18-20H2,1-3H3,(H,38,39,42). The number of halogens is 2. The molecule has 0 fully saturated rings. The van der Waals surface area contributed by atoms with Gasteiger partial charge in [0.2, 0.25) is 11.3 Å². The van der Waals surface area contributed by atoms with Crippen LogP contribution in [0.2, 0.25) is 0 Å². The first kappa shape index (κ1) is 32.0. The van der Waals surface area contributed by atoms with E-state index in [1.807, 2.05) is 42.3 Å². The molecule has 0 aliphatic rings. The molecule has 2 heterocycles. The molecule has 3 aromatic carbocycles. The van der Waals surface area contributed by atoms with Gasteiger partial charge in [0.25, 0.3) is 0 Å². The molecule has 0 saturated carbocycles. The zero-order valence-electron chi connectivity index (χ0n) is 25.6. The van der Waals surface area contributed by atoms with E-state index in [2.05, 4.69) is 10.3 Å². The number of esters is 1. The number of rotatable bonds is 11. The van der Waals surface area contributed by atoms with Crippen molar-refractivity contribution in [1.29, 1.82) is 0 Å². The number of carbonyl (C=O) groups excluding carboxylic acids is 2. The van der Waals surface area contributed by atoms with E-state index in [0.717, 1.165) is 17.7 Å². The molecule has 5 aromatic rings. The maximum atomic E-state index is 14.8. The summed E-state index contributed by atoms with van der Waals surface area (Å²) in [5.41, 5.74) is 0.708. The van der Waals surface area contributed by atoms with E-state index in [9.17, 15) is 23.2 Å². The zero-order chi connectivity index (χ0) is 32.8. The second kappa shape index (κ2) is 14.1. The highest BCUT2D eigenvalue weighted by Gasteiger charge is 2.23. The fourth-order valence-electron chi connectivity index (χ4n) is 5.16. The van der Waals surface area contributed by atoms with Crippen LogP contribution in [-0.2, 0) is 29.2 Å². The molecule has 9 nitrogen and oxygen atoms in total. The molecule has 0 radical (unpaired) electrons. The maximum Gasteiger partial charge on any atom is 0.343 e. The number of amides is 1. The highest BCUT2D eigenvalue weighted by atomic mass is 19.1. The molecule has 46 heavy (non-hydrogen) atoms. The number of ether oxygens (including phenoxy) is 2. The first-order valence-electron chi connectivity index (χ1n) is 14.6. The normalized spacial score (nSPS) is 11.1. The second-order valence-corrected chi connectivity index (χ2v) is 10.7. The summed E-state index contributed by atoms with van der Waals surface area (Å²) in [5, 5.41) is 2.74. The van der Waals surface area contributed by atoms with Crippen LogP contribution in [0.25, 0.3) is 10.9 Å². The average Bonchev–Trinajstić information content (AvgIpc) is 3.02. The molecule has 0 bridgehead atoms. The lowest BCUT2D eigenvalue weighted by Crippen LogP contribution is -2.24.